The Labute approximate surface area is 218 Å². The van der Waals surface area contributed by atoms with Gasteiger partial charge in [-0.15, -0.1) is 0 Å². The molecule has 194 valence electrons. The maximum Gasteiger partial charge on any atom is 0.187 e. The van der Waals surface area contributed by atoms with Crippen LogP contribution in [0.1, 0.15) is 76.3 Å². The number of benzene rings is 2. The van der Waals surface area contributed by atoms with E-state index in [2.05, 4.69) is 25.8 Å². The van der Waals surface area contributed by atoms with Crippen LogP contribution in [0.4, 0.5) is 0 Å². The van der Waals surface area contributed by atoms with Gasteiger partial charge in [0.15, 0.2) is 5.78 Å². The lowest BCUT2D eigenvalue weighted by molar-refractivity contribution is -0.113. The van der Waals surface area contributed by atoms with E-state index in [9.17, 15) is 4.79 Å². The summed E-state index contributed by atoms with van der Waals surface area (Å²) in [6.45, 7) is 7.23. The van der Waals surface area contributed by atoms with Gasteiger partial charge in [0, 0.05) is 24.2 Å². The van der Waals surface area contributed by atoms with Crippen LogP contribution in [0.15, 0.2) is 59.7 Å². The Morgan fingerprint density at radius 3 is 1.47 bits per heavy atom. The molecule has 0 atom stereocenters. The Morgan fingerprint density at radius 2 is 1.08 bits per heavy atom. The zero-order chi connectivity index (χ0) is 25.6. The second-order valence-corrected chi connectivity index (χ2v) is 9.80. The van der Waals surface area contributed by atoms with Crippen LogP contribution in [-0.2, 0) is 4.79 Å². The molecule has 1 heterocycles. The molecule has 1 aliphatic rings. The third kappa shape index (κ3) is 9.31. The molecule has 0 aliphatic carbocycles. The molecule has 0 amide bonds. The standard InChI is InChI=1S/C32H43NO3/c1-4-6-8-10-20-35-30-16-12-26(13-17-30)22-28-24-33(3)25-29(32(28)34)23-27-14-18-31(19-15-27)36-21-11-9-7-5-2/h12-19,22-23H,4-11,20-21,24-25H2,1-3H3. The predicted molar refractivity (Wildman–Crippen MR) is 151 cm³/mol. The summed E-state index contributed by atoms with van der Waals surface area (Å²) in [4.78, 5) is 15.4. The van der Waals surface area contributed by atoms with Gasteiger partial charge < -0.3 is 9.47 Å². The van der Waals surface area contributed by atoms with Gasteiger partial charge in [0.2, 0.25) is 0 Å². The molecule has 0 bridgehead atoms. The van der Waals surface area contributed by atoms with Crippen molar-refractivity contribution < 1.29 is 14.3 Å². The molecule has 36 heavy (non-hydrogen) atoms. The molecule has 0 radical (unpaired) electrons. The van der Waals surface area contributed by atoms with Crippen molar-refractivity contribution in [2.45, 2.75) is 65.2 Å². The first kappa shape index (κ1) is 27.7. The van der Waals surface area contributed by atoms with E-state index in [4.69, 9.17) is 9.47 Å². The quantitative estimate of drug-likeness (QED) is 0.202. The topological polar surface area (TPSA) is 38.8 Å². The van der Waals surface area contributed by atoms with Crippen LogP contribution in [0.2, 0.25) is 0 Å². The van der Waals surface area contributed by atoms with Crippen LogP contribution in [-0.4, -0.2) is 44.0 Å². The minimum Gasteiger partial charge on any atom is -0.494 e. The van der Waals surface area contributed by atoms with Gasteiger partial charge in [-0.25, -0.2) is 0 Å². The summed E-state index contributed by atoms with van der Waals surface area (Å²) in [5.41, 5.74) is 3.67. The van der Waals surface area contributed by atoms with Crippen molar-refractivity contribution in [2.75, 3.05) is 33.4 Å². The third-order valence-electron chi connectivity index (χ3n) is 6.44. The highest BCUT2D eigenvalue weighted by Crippen LogP contribution is 2.23. The molecule has 2 aromatic rings. The van der Waals surface area contributed by atoms with Crippen molar-refractivity contribution in [1.29, 1.82) is 0 Å². The minimum atomic E-state index is 0.126. The van der Waals surface area contributed by atoms with Gasteiger partial charge in [-0.2, -0.15) is 0 Å². The fraction of sp³-hybridized carbons (Fsp3) is 0.469. The summed E-state index contributed by atoms with van der Waals surface area (Å²) in [7, 11) is 2.05. The second-order valence-electron chi connectivity index (χ2n) is 9.80. The lowest BCUT2D eigenvalue weighted by atomic mass is 9.94. The monoisotopic (exact) mass is 489 g/mol. The van der Waals surface area contributed by atoms with E-state index in [-0.39, 0.29) is 5.78 Å². The summed E-state index contributed by atoms with van der Waals surface area (Å²) in [6, 6.07) is 16.1. The zero-order valence-corrected chi connectivity index (χ0v) is 22.4. The number of likely N-dealkylation sites (tertiary alicyclic amines) is 1. The maximum atomic E-state index is 13.3. The number of hydrogen-bond acceptors (Lipinski definition) is 4. The highest BCUT2D eigenvalue weighted by molar-refractivity contribution is 6.14. The molecule has 0 aromatic heterocycles. The van der Waals surface area contributed by atoms with E-state index in [1.807, 2.05) is 60.7 Å². The Balaban J connectivity index is 1.59. The van der Waals surface area contributed by atoms with Crippen LogP contribution in [0.5, 0.6) is 11.5 Å². The van der Waals surface area contributed by atoms with E-state index >= 15 is 0 Å². The number of likely N-dealkylation sites (N-methyl/N-ethyl adjacent to an activating group) is 1. The minimum absolute atomic E-state index is 0.126. The molecule has 0 N–H and O–H groups in total. The number of hydrogen-bond donors (Lipinski definition) is 0. The molecule has 2 aromatic carbocycles. The first-order valence-electron chi connectivity index (χ1n) is 13.7. The van der Waals surface area contributed by atoms with Crippen molar-refractivity contribution in [3.05, 3.63) is 70.8 Å². The second kappa shape index (κ2) is 15.3. The van der Waals surface area contributed by atoms with Gasteiger partial charge in [0.05, 0.1) is 13.2 Å². The average molecular weight is 490 g/mol. The normalized spacial score (nSPS) is 16.6. The highest BCUT2D eigenvalue weighted by Gasteiger charge is 2.23. The van der Waals surface area contributed by atoms with E-state index in [0.717, 1.165) is 59.8 Å². The van der Waals surface area contributed by atoms with Gasteiger partial charge >= 0.3 is 0 Å². The predicted octanol–water partition coefficient (Wildman–Crippen LogP) is 7.59. The zero-order valence-electron chi connectivity index (χ0n) is 22.4. The number of carbonyl (C=O) groups excluding carboxylic acids is 1. The number of Topliss-reactive ketones (excluding diaryl/α,β-unsaturated/α-hetero) is 1. The molecule has 0 unspecified atom stereocenters. The molecule has 1 aliphatic heterocycles. The van der Waals surface area contributed by atoms with Crippen LogP contribution in [0, 0.1) is 0 Å². The lowest BCUT2D eigenvalue weighted by Gasteiger charge is -2.26. The number of ketones is 1. The molecule has 1 saturated heterocycles. The summed E-state index contributed by atoms with van der Waals surface area (Å²) < 4.78 is 11.7. The Morgan fingerprint density at radius 1 is 0.667 bits per heavy atom. The molecule has 0 spiro atoms. The molecule has 0 saturated carbocycles. The molecule has 4 nitrogen and oxygen atoms in total. The Bertz CT molecular complexity index is 910. The highest BCUT2D eigenvalue weighted by atomic mass is 16.5. The number of unbranched alkanes of at least 4 members (excludes halogenated alkanes) is 6. The molecular formula is C32H43NO3. The molecular weight excluding hydrogens is 446 g/mol. The fourth-order valence-electron chi connectivity index (χ4n) is 4.37. The van der Waals surface area contributed by atoms with Gasteiger partial charge in [-0.1, -0.05) is 76.6 Å². The number of nitrogens with zero attached hydrogens (tertiary/aromatic N) is 1. The van der Waals surface area contributed by atoms with Crippen molar-refractivity contribution >= 4 is 17.9 Å². The van der Waals surface area contributed by atoms with E-state index in [1.54, 1.807) is 0 Å². The van der Waals surface area contributed by atoms with Crippen LogP contribution in [0.3, 0.4) is 0 Å². The fourth-order valence-corrected chi connectivity index (χ4v) is 4.37. The van der Waals surface area contributed by atoms with Crippen LogP contribution in [0.25, 0.3) is 12.2 Å². The largest absolute Gasteiger partial charge is 0.494 e. The van der Waals surface area contributed by atoms with Gasteiger partial charge in [0.1, 0.15) is 11.5 Å². The van der Waals surface area contributed by atoms with E-state index in [0.29, 0.717) is 13.1 Å². The van der Waals surface area contributed by atoms with Crippen molar-refractivity contribution in [3.63, 3.8) is 0 Å². The summed E-state index contributed by atoms with van der Waals surface area (Å²) >= 11 is 0. The van der Waals surface area contributed by atoms with Crippen LogP contribution >= 0.6 is 0 Å². The summed E-state index contributed by atoms with van der Waals surface area (Å²) in [5, 5.41) is 0. The lowest BCUT2D eigenvalue weighted by Crippen LogP contribution is -2.34. The molecule has 1 fully saturated rings. The average Bonchev–Trinajstić information content (AvgIpc) is 2.88. The van der Waals surface area contributed by atoms with Crippen molar-refractivity contribution in [1.82, 2.24) is 4.90 Å². The third-order valence-corrected chi connectivity index (χ3v) is 6.44. The first-order chi connectivity index (χ1) is 17.6. The molecule has 3 rings (SSSR count). The SMILES string of the molecule is CCCCCCOc1ccc(C=C2CN(C)CC(=Cc3ccc(OCCCCCC)cc3)C2=O)cc1. The summed E-state index contributed by atoms with van der Waals surface area (Å²) in [6.07, 6.45) is 13.6. The molecule has 4 heteroatoms. The van der Waals surface area contributed by atoms with E-state index in [1.165, 1.54) is 38.5 Å². The number of carbonyl (C=O) groups is 1. The number of rotatable bonds is 14. The van der Waals surface area contributed by atoms with Crippen LogP contribution < -0.4 is 9.47 Å². The van der Waals surface area contributed by atoms with Crippen molar-refractivity contribution in [2.24, 2.45) is 0 Å². The number of ether oxygens (including phenoxy) is 2. The van der Waals surface area contributed by atoms with Gasteiger partial charge in [0.25, 0.3) is 0 Å². The summed E-state index contributed by atoms with van der Waals surface area (Å²) in [5.74, 6) is 1.89. The smallest absolute Gasteiger partial charge is 0.187 e. The van der Waals surface area contributed by atoms with Gasteiger partial charge in [-0.3, -0.25) is 9.69 Å². The first-order valence-corrected chi connectivity index (χ1v) is 13.7. The van der Waals surface area contributed by atoms with E-state index < -0.39 is 0 Å². The Kier molecular flexibility index (Phi) is 11.8. The Hall–Kier alpha value is -2.85. The maximum absolute atomic E-state index is 13.3. The number of piperidine rings is 1. The van der Waals surface area contributed by atoms with Crippen molar-refractivity contribution in [3.8, 4) is 11.5 Å². The van der Waals surface area contributed by atoms with Gasteiger partial charge in [-0.05, 0) is 67.4 Å².